The van der Waals surface area contributed by atoms with E-state index in [9.17, 15) is 0 Å². The van der Waals surface area contributed by atoms with Crippen LogP contribution in [0.25, 0.3) is 0 Å². The summed E-state index contributed by atoms with van der Waals surface area (Å²) in [5, 5.41) is 10.2. The minimum absolute atomic E-state index is 0.407. The molecule has 5 heteroatoms. The number of hydrogen-bond donors (Lipinski definition) is 0. The summed E-state index contributed by atoms with van der Waals surface area (Å²) in [5.74, 6) is 0. The summed E-state index contributed by atoms with van der Waals surface area (Å²) >= 11 is 0. The van der Waals surface area contributed by atoms with Gasteiger partial charge in [0.25, 0.3) is 0 Å². The van der Waals surface area contributed by atoms with Crippen LogP contribution >= 0.6 is 0 Å². The van der Waals surface area contributed by atoms with E-state index in [1.807, 2.05) is 0 Å². The van der Waals surface area contributed by atoms with E-state index in [4.69, 9.17) is 0 Å². The molecule has 9 unspecified atom stereocenters. The Morgan fingerprint density at radius 2 is 0.719 bits per heavy atom. The Morgan fingerprint density at radius 3 is 1.02 bits per heavy atom. The van der Waals surface area contributed by atoms with Crippen molar-refractivity contribution in [2.45, 2.75) is 45.4 Å². The fourth-order valence-corrected chi connectivity index (χ4v) is 155. The van der Waals surface area contributed by atoms with Gasteiger partial charge in [0.15, 0.2) is 0 Å². The summed E-state index contributed by atoms with van der Waals surface area (Å²) in [6.45, 7) is -2.52. The molecule has 10 aliphatic rings. The maximum absolute atomic E-state index is 5.14. The van der Waals surface area contributed by atoms with Gasteiger partial charge in [-0.1, -0.05) is 0 Å². The van der Waals surface area contributed by atoms with Crippen molar-refractivity contribution in [3.8, 4) is 0 Å². The summed E-state index contributed by atoms with van der Waals surface area (Å²) in [4.78, 5) is 11.4. The van der Waals surface area contributed by atoms with E-state index in [2.05, 4.69) is 220 Å². The van der Waals surface area contributed by atoms with Crippen LogP contribution < -0.4 is 31.1 Å². The zero-order valence-electron chi connectivity index (χ0n) is 33.4. The van der Waals surface area contributed by atoms with Gasteiger partial charge in [-0.2, -0.15) is 0 Å². The molecule has 0 aliphatic carbocycles. The second-order valence-corrected chi connectivity index (χ2v) is 54.2. The Balaban J connectivity index is 1.16. The van der Waals surface area contributed by atoms with Gasteiger partial charge in [-0.3, -0.25) is 0 Å². The van der Waals surface area contributed by atoms with Crippen LogP contribution in [0.2, 0.25) is 45.4 Å². The van der Waals surface area contributed by atoms with Crippen molar-refractivity contribution in [3.63, 3.8) is 0 Å². The van der Waals surface area contributed by atoms with Crippen LogP contribution in [0, 0.1) is 0 Å². The summed E-state index contributed by atoms with van der Waals surface area (Å²) < 4.78 is 1.79. The van der Waals surface area contributed by atoms with E-state index in [0.29, 0.717) is 16.5 Å². The molecule has 9 atom stereocenters. The average molecular weight is 817 g/mol. The Labute approximate surface area is 330 Å². The topological polar surface area (TPSA) is 6.48 Å². The molecule has 2 nitrogen and oxygen atoms in total. The molecule has 0 saturated carbocycles. The van der Waals surface area contributed by atoms with Gasteiger partial charge in [0.1, 0.15) is 0 Å². The third kappa shape index (κ3) is 1.00. The zero-order valence-corrected chi connectivity index (χ0v) is 36.6. The fourth-order valence-electron chi connectivity index (χ4n) is 28.5. The molecule has 0 amide bonds. The third-order valence-electron chi connectivity index (χ3n) is 25.3. The van der Waals surface area contributed by atoms with Crippen molar-refractivity contribution in [1.82, 2.24) is 9.80 Å². The first-order chi connectivity index (χ1) is 27.7. The number of benzene rings is 6. The van der Waals surface area contributed by atoms with Crippen LogP contribution in [0.3, 0.4) is 0 Å². The molecule has 10 fully saturated rings. The van der Waals surface area contributed by atoms with Crippen LogP contribution in [0.15, 0.2) is 182 Å². The second kappa shape index (κ2) is 5.98. The minimum atomic E-state index is -5.14. The molecule has 6 aromatic carbocycles. The van der Waals surface area contributed by atoms with Crippen molar-refractivity contribution < 1.29 is 6.51 Å². The van der Waals surface area contributed by atoms with Crippen molar-refractivity contribution >= 4 is 47.3 Å². The molecule has 1 spiro atoms. The molecule has 286 valence electrons. The number of fused-ring (bicyclic) bond motifs is 10. The molecule has 16 rings (SSSR count). The predicted octanol–water partition coefficient (Wildman–Crippen LogP) is 7.40. The summed E-state index contributed by atoms with van der Waals surface area (Å²) in [6, 6.07) is 74.3. The molecule has 57 heavy (non-hydrogen) atoms. The van der Waals surface area contributed by atoms with E-state index in [0.717, 1.165) is 28.9 Å². The van der Waals surface area contributed by atoms with E-state index >= 15 is 0 Å². The van der Waals surface area contributed by atoms with Crippen LogP contribution in [0.5, 0.6) is 0 Å². The second-order valence-electron chi connectivity index (χ2n) is 22.4. The van der Waals surface area contributed by atoms with Crippen molar-refractivity contribution in [1.29, 1.82) is 0 Å². The van der Waals surface area contributed by atoms with Gasteiger partial charge in [0.2, 0.25) is 0 Å². The Hall–Kier alpha value is -3.81. The van der Waals surface area contributed by atoms with Crippen LogP contribution in [-0.4, -0.2) is 67.2 Å². The van der Waals surface area contributed by atoms with E-state index in [-0.39, 0.29) is 0 Å². The van der Waals surface area contributed by atoms with E-state index < -0.39 is 22.7 Å². The summed E-state index contributed by atoms with van der Waals surface area (Å²) in [5.41, 5.74) is 0. The molecular formula is C52H52FeN2Si2. The quantitative estimate of drug-likeness (QED) is 0.0940. The fraction of sp³-hybridized carbons (Fsp3) is 0.308. The normalized spacial score (nSPS) is 48.2. The van der Waals surface area contributed by atoms with Gasteiger partial charge in [0, 0.05) is 0 Å². The van der Waals surface area contributed by atoms with Gasteiger partial charge < -0.3 is 0 Å². The first kappa shape index (κ1) is 31.2. The molecule has 6 aromatic rings. The Bertz CT molecular complexity index is 3000. The molecule has 0 bridgehead atoms. The monoisotopic (exact) mass is 816 g/mol. The predicted molar refractivity (Wildman–Crippen MR) is 238 cm³/mol. The van der Waals surface area contributed by atoms with Gasteiger partial charge in [-0.25, -0.2) is 0 Å². The van der Waals surface area contributed by atoms with Crippen molar-refractivity contribution in [2.24, 2.45) is 0 Å². The molecule has 10 saturated heterocycles. The first-order valence-corrected chi connectivity index (χ1v) is 31.5. The molecule has 0 radical (unpaired) electrons. The molecular weight excluding hydrogens is 765 g/mol. The van der Waals surface area contributed by atoms with E-state index in [1.165, 1.54) is 13.1 Å². The number of nitrogens with zero attached hydrogens (tertiary/aromatic N) is 2. The number of rotatable bonds is 12. The van der Waals surface area contributed by atoms with Gasteiger partial charge >= 0.3 is 332 Å². The van der Waals surface area contributed by atoms with Gasteiger partial charge in [-0.05, 0) is 0 Å². The molecule has 0 aromatic heterocycles. The van der Waals surface area contributed by atoms with Crippen molar-refractivity contribution in [3.05, 3.63) is 182 Å². The average Bonchev–Trinajstić information content (AvgIpc) is 4.22. The molecule has 10 heterocycles. The van der Waals surface area contributed by atoms with Gasteiger partial charge in [-0.15, -0.1) is 0 Å². The molecule has 10 aliphatic heterocycles. The van der Waals surface area contributed by atoms with Gasteiger partial charge in [0.05, 0.1) is 0 Å². The summed E-state index contributed by atoms with van der Waals surface area (Å²) in [6.07, 6.45) is 0. The van der Waals surface area contributed by atoms with E-state index in [1.54, 1.807) is 31.1 Å². The first-order valence-electron chi connectivity index (χ1n) is 21.5. The Morgan fingerprint density at radius 1 is 0.404 bits per heavy atom. The van der Waals surface area contributed by atoms with Crippen molar-refractivity contribution in [2.75, 3.05) is 41.3 Å². The molecule has 0 N–H and O–H groups in total. The Kier molecular flexibility index (Phi) is 3.27. The maximum atomic E-state index is 2.76. The van der Waals surface area contributed by atoms with Crippen LogP contribution in [0.1, 0.15) is 0 Å². The zero-order chi connectivity index (χ0) is 38.0. The standard InChI is InChI=1S/C29H33N2Si.C23H19Si.Fe/c1-30(2)22-24-20-21-29(28(24)23-31(3)4)32(25-14-8-5-9-15-25,26-16-10-6-11-17-26)27-18-12-7-13-19-27;1-4-12-20(13-5-1)24(23-18-10-11-19-23,21-14-6-2-7-15-21)22-16-8-3-9-17-22;/h5-21H,22-23H2,1-4H3;1-19H;. The third-order valence-corrected chi connectivity index (χ3v) is 90.9. The van der Waals surface area contributed by atoms with Crippen LogP contribution in [-0.2, 0) is 6.51 Å². The summed E-state index contributed by atoms with van der Waals surface area (Å²) in [7, 11) is 4.41. The van der Waals surface area contributed by atoms with Crippen LogP contribution in [0.4, 0.5) is 0 Å². The SMILES string of the molecule is CN(C)C[C]12[CH]3[CH]4[C]5([Si](c6ccccc6)(c6ccccc6)c6ccccc6)[C]1(CN(C)C)[Fe]34251678[CH]2[CH]1[CH]6[C]7([Si](c1ccccc1)(c1ccccc1)c1ccccc1)[CH]28. The number of hydrogen-bond acceptors (Lipinski definition) is 2.